The molecular weight excluding hydrogens is 373 g/mol. The molecule has 1 fully saturated rings. The second-order valence-electron chi connectivity index (χ2n) is 8.04. The first kappa shape index (κ1) is 15.1. The topological polar surface area (TPSA) is 43.8 Å². The molecule has 114 valence electrons. The molecule has 0 saturated heterocycles. The first-order chi connectivity index (χ1) is 9.67. The molecule has 2 aromatic rings. The second kappa shape index (κ2) is 4.86. The van der Waals surface area contributed by atoms with Crippen molar-refractivity contribution in [1.82, 2.24) is 9.55 Å². The molecule has 1 aliphatic rings. The number of aromatic nitrogens is 2. The maximum absolute atomic E-state index is 6.26. The minimum Gasteiger partial charge on any atom is -0.369 e. The zero-order chi connectivity index (χ0) is 15.4. The molecule has 0 unspecified atom stereocenters. The fraction of sp³-hybridized carbons (Fsp3) is 0.588. The maximum Gasteiger partial charge on any atom is 0.201 e. The standard InChI is InChI=1S/C17H24IN3/c1-16(2)8-12(9-17(3,4)10-16)21-14-6-5-11(18)7-13(14)20-15(21)19/h5-7,12H,8-10H2,1-4H3,(H2,19,20). The highest BCUT2D eigenvalue weighted by atomic mass is 127. The van der Waals surface area contributed by atoms with Gasteiger partial charge in [0.05, 0.1) is 11.0 Å². The minimum atomic E-state index is 0.346. The average Bonchev–Trinajstić information content (AvgIpc) is 2.59. The van der Waals surface area contributed by atoms with E-state index >= 15 is 0 Å². The van der Waals surface area contributed by atoms with E-state index in [9.17, 15) is 0 Å². The Balaban J connectivity index is 2.09. The highest BCUT2D eigenvalue weighted by Crippen LogP contribution is 2.51. The van der Waals surface area contributed by atoms with Crippen LogP contribution in [-0.2, 0) is 0 Å². The summed E-state index contributed by atoms with van der Waals surface area (Å²) in [6.45, 7) is 9.50. The Morgan fingerprint density at radius 3 is 2.43 bits per heavy atom. The summed E-state index contributed by atoms with van der Waals surface area (Å²) in [5.74, 6) is 0.658. The van der Waals surface area contributed by atoms with Crippen LogP contribution in [0.5, 0.6) is 0 Å². The highest BCUT2D eigenvalue weighted by molar-refractivity contribution is 14.1. The average molecular weight is 397 g/mol. The third-order valence-corrected chi connectivity index (χ3v) is 5.25. The van der Waals surface area contributed by atoms with Crippen molar-refractivity contribution in [3.05, 3.63) is 21.8 Å². The van der Waals surface area contributed by atoms with Crippen LogP contribution < -0.4 is 5.73 Å². The number of nitrogens with zero attached hydrogens (tertiary/aromatic N) is 2. The van der Waals surface area contributed by atoms with Gasteiger partial charge in [-0.05, 0) is 70.9 Å². The van der Waals surface area contributed by atoms with Gasteiger partial charge >= 0.3 is 0 Å². The normalized spacial score (nSPS) is 21.8. The molecule has 4 heteroatoms. The molecule has 0 aliphatic heterocycles. The molecule has 1 aliphatic carbocycles. The summed E-state index contributed by atoms with van der Waals surface area (Å²) < 4.78 is 3.47. The van der Waals surface area contributed by atoms with E-state index < -0.39 is 0 Å². The lowest BCUT2D eigenvalue weighted by Crippen LogP contribution is -2.35. The van der Waals surface area contributed by atoms with Crippen molar-refractivity contribution >= 4 is 39.6 Å². The Morgan fingerprint density at radius 2 is 1.81 bits per heavy atom. The van der Waals surface area contributed by atoms with Crippen molar-refractivity contribution in [2.24, 2.45) is 10.8 Å². The van der Waals surface area contributed by atoms with Gasteiger partial charge in [0.25, 0.3) is 0 Å². The molecule has 0 radical (unpaired) electrons. The van der Waals surface area contributed by atoms with Crippen molar-refractivity contribution in [3.63, 3.8) is 0 Å². The monoisotopic (exact) mass is 397 g/mol. The summed E-state index contributed by atoms with van der Waals surface area (Å²) in [5, 5.41) is 0. The smallest absolute Gasteiger partial charge is 0.201 e. The molecule has 1 saturated carbocycles. The van der Waals surface area contributed by atoms with Crippen molar-refractivity contribution < 1.29 is 0 Å². The Kier molecular flexibility index (Phi) is 3.50. The fourth-order valence-electron chi connectivity index (χ4n) is 4.44. The lowest BCUT2D eigenvalue weighted by molar-refractivity contribution is 0.0746. The lowest BCUT2D eigenvalue weighted by Gasteiger charge is -2.45. The second-order valence-corrected chi connectivity index (χ2v) is 9.29. The van der Waals surface area contributed by atoms with Gasteiger partial charge in [-0.1, -0.05) is 27.7 Å². The van der Waals surface area contributed by atoms with Gasteiger partial charge in [-0.25, -0.2) is 4.98 Å². The Labute approximate surface area is 140 Å². The number of halogens is 1. The number of hydrogen-bond acceptors (Lipinski definition) is 2. The number of hydrogen-bond donors (Lipinski definition) is 1. The van der Waals surface area contributed by atoms with Crippen LogP contribution in [-0.4, -0.2) is 9.55 Å². The maximum atomic E-state index is 6.26. The van der Waals surface area contributed by atoms with Crippen LogP contribution in [0.15, 0.2) is 18.2 Å². The van der Waals surface area contributed by atoms with Crippen LogP contribution in [0, 0.1) is 14.4 Å². The van der Waals surface area contributed by atoms with Gasteiger partial charge < -0.3 is 10.3 Å². The molecule has 2 N–H and O–H groups in total. The summed E-state index contributed by atoms with van der Waals surface area (Å²) in [6, 6.07) is 6.85. The van der Waals surface area contributed by atoms with E-state index in [1.165, 1.54) is 15.5 Å². The summed E-state index contributed by atoms with van der Waals surface area (Å²) >= 11 is 2.32. The number of anilines is 1. The van der Waals surface area contributed by atoms with Crippen molar-refractivity contribution in [3.8, 4) is 0 Å². The molecule has 1 aromatic carbocycles. The first-order valence-electron chi connectivity index (χ1n) is 7.60. The van der Waals surface area contributed by atoms with Crippen LogP contribution in [0.1, 0.15) is 53.0 Å². The van der Waals surface area contributed by atoms with Crippen LogP contribution in [0.4, 0.5) is 5.95 Å². The number of nitrogens with two attached hydrogens (primary N) is 1. The number of benzene rings is 1. The van der Waals surface area contributed by atoms with Gasteiger partial charge in [-0.3, -0.25) is 0 Å². The van der Waals surface area contributed by atoms with Crippen LogP contribution >= 0.6 is 22.6 Å². The number of fused-ring (bicyclic) bond motifs is 1. The van der Waals surface area contributed by atoms with Gasteiger partial charge in [0.15, 0.2) is 0 Å². The first-order valence-corrected chi connectivity index (χ1v) is 8.68. The van der Waals surface area contributed by atoms with Gasteiger partial charge in [-0.15, -0.1) is 0 Å². The quantitative estimate of drug-likeness (QED) is 0.689. The van der Waals surface area contributed by atoms with Crippen LogP contribution in [0.2, 0.25) is 0 Å². The molecular formula is C17H24IN3. The van der Waals surface area contributed by atoms with Crippen LogP contribution in [0.3, 0.4) is 0 Å². The zero-order valence-electron chi connectivity index (χ0n) is 13.3. The molecule has 3 nitrogen and oxygen atoms in total. The van der Waals surface area contributed by atoms with Crippen molar-refractivity contribution in [1.29, 1.82) is 0 Å². The third-order valence-electron chi connectivity index (χ3n) is 4.58. The SMILES string of the molecule is CC1(C)CC(n2c(N)nc3cc(I)ccc32)CC(C)(C)C1. The third kappa shape index (κ3) is 2.91. The van der Waals surface area contributed by atoms with Gasteiger partial charge in [0.2, 0.25) is 5.95 Å². The van der Waals surface area contributed by atoms with E-state index in [-0.39, 0.29) is 0 Å². The molecule has 0 amide bonds. The van der Waals surface area contributed by atoms with E-state index in [0.29, 0.717) is 22.8 Å². The van der Waals surface area contributed by atoms with Crippen molar-refractivity contribution in [2.75, 3.05) is 5.73 Å². The molecule has 3 rings (SSSR count). The largest absolute Gasteiger partial charge is 0.369 e. The molecule has 0 atom stereocenters. The summed E-state index contributed by atoms with van der Waals surface area (Å²) in [5.41, 5.74) is 9.14. The van der Waals surface area contributed by atoms with Gasteiger partial charge in [0.1, 0.15) is 0 Å². The Hall–Kier alpha value is -0.780. The van der Waals surface area contributed by atoms with Gasteiger partial charge in [0, 0.05) is 9.61 Å². The Morgan fingerprint density at radius 1 is 1.19 bits per heavy atom. The summed E-state index contributed by atoms with van der Waals surface area (Å²) in [4.78, 5) is 4.58. The predicted molar refractivity (Wildman–Crippen MR) is 97.3 cm³/mol. The highest BCUT2D eigenvalue weighted by Gasteiger charge is 2.40. The number of imidazole rings is 1. The molecule has 0 spiro atoms. The zero-order valence-corrected chi connectivity index (χ0v) is 15.4. The molecule has 1 heterocycles. The van der Waals surface area contributed by atoms with E-state index in [1.807, 2.05) is 0 Å². The van der Waals surface area contributed by atoms with Crippen LogP contribution in [0.25, 0.3) is 11.0 Å². The molecule has 0 bridgehead atoms. The Bertz CT molecular complexity index is 669. The lowest BCUT2D eigenvalue weighted by atomic mass is 9.63. The number of rotatable bonds is 1. The molecule has 1 aromatic heterocycles. The summed E-state index contributed by atoms with van der Waals surface area (Å²) in [7, 11) is 0. The van der Waals surface area contributed by atoms with Gasteiger partial charge in [-0.2, -0.15) is 0 Å². The number of nitrogen functional groups attached to an aromatic ring is 1. The van der Waals surface area contributed by atoms with E-state index in [0.717, 1.165) is 18.4 Å². The minimum absolute atomic E-state index is 0.346. The predicted octanol–water partition coefficient (Wildman–Crippen LogP) is 5.00. The van der Waals surface area contributed by atoms with E-state index in [2.05, 4.69) is 78.0 Å². The molecule has 21 heavy (non-hydrogen) atoms. The van der Waals surface area contributed by atoms with Crippen molar-refractivity contribution in [2.45, 2.75) is 53.0 Å². The fourth-order valence-corrected chi connectivity index (χ4v) is 4.92. The van der Waals surface area contributed by atoms with E-state index in [1.54, 1.807) is 0 Å². The summed E-state index contributed by atoms with van der Waals surface area (Å²) in [6.07, 6.45) is 3.59. The van der Waals surface area contributed by atoms with E-state index in [4.69, 9.17) is 5.73 Å².